The molecular formula is C12H20N2S2. The number of hydrogen-bond donors (Lipinski definition) is 1. The smallest absolute Gasteiger partial charge is 0.149 e. The van der Waals surface area contributed by atoms with E-state index in [1.165, 1.54) is 35.8 Å². The summed E-state index contributed by atoms with van der Waals surface area (Å²) in [5.74, 6) is 2.12. The first-order valence-electron chi connectivity index (χ1n) is 6.16. The van der Waals surface area contributed by atoms with Gasteiger partial charge in [-0.1, -0.05) is 25.1 Å². The summed E-state index contributed by atoms with van der Waals surface area (Å²) in [5.41, 5.74) is 0. The van der Waals surface area contributed by atoms with Crippen LogP contribution < -0.4 is 5.32 Å². The molecule has 1 saturated carbocycles. The Balaban J connectivity index is 1.69. The van der Waals surface area contributed by atoms with Crippen LogP contribution in [0, 0.1) is 5.92 Å². The lowest BCUT2D eigenvalue weighted by molar-refractivity contribution is 0.400. The summed E-state index contributed by atoms with van der Waals surface area (Å²) >= 11 is 3.67. The van der Waals surface area contributed by atoms with Gasteiger partial charge in [-0.3, -0.25) is 0 Å². The fourth-order valence-corrected chi connectivity index (χ4v) is 4.27. The van der Waals surface area contributed by atoms with Gasteiger partial charge in [0.05, 0.1) is 0 Å². The maximum atomic E-state index is 4.30. The standard InChI is InChI=1S/C12H20N2S2/c1-2-13-11-5-3-4-10(11)6-8-15-12-14-7-9-16-12/h7,9-11,13H,2-6,8H2,1H3. The molecule has 0 spiro atoms. The van der Waals surface area contributed by atoms with E-state index in [2.05, 4.69) is 22.6 Å². The average molecular weight is 256 g/mol. The quantitative estimate of drug-likeness (QED) is 0.790. The van der Waals surface area contributed by atoms with Crippen LogP contribution in [-0.4, -0.2) is 23.3 Å². The molecule has 90 valence electrons. The predicted octanol–water partition coefficient (Wildman–Crippen LogP) is 3.40. The Kier molecular flexibility index (Phi) is 5.13. The zero-order valence-electron chi connectivity index (χ0n) is 9.82. The Morgan fingerprint density at radius 1 is 1.56 bits per heavy atom. The van der Waals surface area contributed by atoms with Gasteiger partial charge in [0.25, 0.3) is 0 Å². The average Bonchev–Trinajstić information content (AvgIpc) is 2.91. The Morgan fingerprint density at radius 3 is 3.25 bits per heavy atom. The molecular weight excluding hydrogens is 236 g/mol. The second-order valence-electron chi connectivity index (χ2n) is 4.29. The van der Waals surface area contributed by atoms with Gasteiger partial charge in [-0.05, 0) is 31.7 Å². The number of hydrogen-bond acceptors (Lipinski definition) is 4. The number of thioether (sulfide) groups is 1. The van der Waals surface area contributed by atoms with Crippen molar-refractivity contribution in [1.82, 2.24) is 10.3 Å². The summed E-state index contributed by atoms with van der Waals surface area (Å²) in [6, 6.07) is 0.780. The molecule has 0 amide bonds. The minimum atomic E-state index is 0.780. The number of thiazole rings is 1. The van der Waals surface area contributed by atoms with E-state index in [1.807, 2.05) is 18.0 Å². The third-order valence-corrected chi connectivity index (χ3v) is 5.25. The Hall–Kier alpha value is -0.0600. The molecule has 2 unspecified atom stereocenters. The van der Waals surface area contributed by atoms with Gasteiger partial charge in [0.15, 0.2) is 0 Å². The van der Waals surface area contributed by atoms with E-state index in [9.17, 15) is 0 Å². The summed E-state index contributed by atoms with van der Waals surface area (Å²) in [5, 5.41) is 5.67. The molecule has 2 rings (SSSR count). The molecule has 2 atom stereocenters. The van der Waals surface area contributed by atoms with Crippen LogP contribution in [0.15, 0.2) is 15.9 Å². The SMILES string of the molecule is CCNC1CCCC1CCSc1nccs1. The van der Waals surface area contributed by atoms with Crippen molar-refractivity contribution in [2.45, 2.75) is 43.0 Å². The lowest BCUT2D eigenvalue weighted by Crippen LogP contribution is -2.32. The monoisotopic (exact) mass is 256 g/mol. The Morgan fingerprint density at radius 2 is 2.50 bits per heavy atom. The molecule has 1 heterocycles. The van der Waals surface area contributed by atoms with Crippen LogP contribution >= 0.6 is 23.1 Å². The van der Waals surface area contributed by atoms with Gasteiger partial charge in [-0.25, -0.2) is 4.98 Å². The van der Waals surface area contributed by atoms with E-state index in [0.717, 1.165) is 18.5 Å². The third kappa shape index (κ3) is 3.47. The van der Waals surface area contributed by atoms with Crippen molar-refractivity contribution in [2.24, 2.45) is 5.92 Å². The van der Waals surface area contributed by atoms with Gasteiger partial charge in [-0.15, -0.1) is 11.3 Å². The molecule has 4 heteroatoms. The molecule has 1 aliphatic carbocycles. The fraction of sp³-hybridized carbons (Fsp3) is 0.750. The Labute approximate surface area is 106 Å². The topological polar surface area (TPSA) is 24.9 Å². The molecule has 1 N–H and O–H groups in total. The van der Waals surface area contributed by atoms with Crippen LogP contribution in [-0.2, 0) is 0 Å². The van der Waals surface area contributed by atoms with Gasteiger partial charge < -0.3 is 5.32 Å². The van der Waals surface area contributed by atoms with E-state index < -0.39 is 0 Å². The van der Waals surface area contributed by atoms with Crippen LogP contribution in [0.1, 0.15) is 32.6 Å². The summed E-state index contributed by atoms with van der Waals surface area (Å²) in [6.07, 6.45) is 7.42. The molecule has 0 bridgehead atoms. The molecule has 2 nitrogen and oxygen atoms in total. The largest absolute Gasteiger partial charge is 0.314 e. The van der Waals surface area contributed by atoms with Crippen LogP contribution in [0.4, 0.5) is 0 Å². The van der Waals surface area contributed by atoms with Crippen LogP contribution in [0.2, 0.25) is 0 Å². The molecule has 1 fully saturated rings. The van der Waals surface area contributed by atoms with Crippen LogP contribution in [0.25, 0.3) is 0 Å². The molecule has 0 saturated heterocycles. The second kappa shape index (κ2) is 6.62. The summed E-state index contributed by atoms with van der Waals surface area (Å²) in [7, 11) is 0. The van der Waals surface area contributed by atoms with E-state index >= 15 is 0 Å². The van der Waals surface area contributed by atoms with Crippen molar-refractivity contribution in [1.29, 1.82) is 0 Å². The van der Waals surface area contributed by atoms with Crippen molar-refractivity contribution in [3.05, 3.63) is 11.6 Å². The zero-order valence-corrected chi connectivity index (χ0v) is 11.4. The second-order valence-corrected chi connectivity index (χ2v) is 6.53. The van der Waals surface area contributed by atoms with E-state index in [4.69, 9.17) is 0 Å². The summed E-state index contributed by atoms with van der Waals surface area (Å²) < 4.78 is 1.22. The first kappa shape index (κ1) is 12.4. The molecule has 1 aliphatic rings. The summed E-state index contributed by atoms with van der Waals surface area (Å²) in [6.45, 7) is 3.32. The highest BCUT2D eigenvalue weighted by Crippen LogP contribution is 2.31. The van der Waals surface area contributed by atoms with Crippen molar-refractivity contribution in [3.63, 3.8) is 0 Å². The van der Waals surface area contributed by atoms with E-state index in [-0.39, 0.29) is 0 Å². The normalized spacial score (nSPS) is 25.1. The molecule has 0 aliphatic heterocycles. The van der Waals surface area contributed by atoms with Gasteiger partial charge in [0.2, 0.25) is 0 Å². The van der Waals surface area contributed by atoms with Gasteiger partial charge >= 0.3 is 0 Å². The number of nitrogens with one attached hydrogen (secondary N) is 1. The molecule has 1 aromatic heterocycles. The predicted molar refractivity (Wildman–Crippen MR) is 72.3 cm³/mol. The van der Waals surface area contributed by atoms with Crippen molar-refractivity contribution >= 4 is 23.1 Å². The Bertz CT molecular complexity index is 287. The van der Waals surface area contributed by atoms with Crippen molar-refractivity contribution < 1.29 is 0 Å². The zero-order chi connectivity index (χ0) is 11.2. The molecule has 0 aromatic carbocycles. The number of rotatable bonds is 6. The lowest BCUT2D eigenvalue weighted by atomic mass is 10.0. The number of aromatic nitrogens is 1. The first-order valence-corrected chi connectivity index (χ1v) is 8.02. The third-order valence-electron chi connectivity index (χ3n) is 3.25. The fourth-order valence-electron chi connectivity index (χ4n) is 2.49. The highest BCUT2D eigenvalue weighted by Gasteiger charge is 2.25. The van der Waals surface area contributed by atoms with Crippen molar-refractivity contribution in [3.8, 4) is 0 Å². The highest BCUT2D eigenvalue weighted by atomic mass is 32.2. The van der Waals surface area contributed by atoms with Crippen molar-refractivity contribution in [2.75, 3.05) is 12.3 Å². The number of nitrogens with zero attached hydrogens (tertiary/aromatic N) is 1. The van der Waals surface area contributed by atoms with Gasteiger partial charge in [-0.2, -0.15) is 0 Å². The molecule has 1 aromatic rings. The van der Waals surface area contributed by atoms with Gasteiger partial charge in [0, 0.05) is 23.4 Å². The van der Waals surface area contributed by atoms with Gasteiger partial charge in [0.1, 0.15) is 4.34 Å². The highest BCUT2D eigenvalue weighted by molar-refractivity contribution is 8.00. The first-order chi connectivity index (χ1) is 7.90. The minimum Gasteiger partial charge on any atom is -0.314 e. The van der Waals surface area contributed by atoms with E-state index in [0.29, 0.717) is 0 Å². The van der Waals surface area contributed by atoms with E-state index in [1.54, 1.807) is 11.3 Å². The summed E-state index contributed by atoms with van der Waals surface area (Å²) in [4.78, 5) is 4.30. The maximum absolute atomic E-state index is 4.30. The van der Waals surface area contributed by atoms with Crippen LogP contribution in [0.5, 0.6) is 0 Å². The molecule has 0 radical (unpaired) electrons. The lowest BCUT2D eigenvalue weighted by Gasteiger charge is -2.19. The molecule has 16 heavy (non-hydrogen) atoms. The maximum Gasteiger partial charge on any atom is 0.149 e. The minimum absolute atomic E-state index is 0.780. The van der Waals surface area contributed by atoms with Crippen LogP contribution in [0.3, 0.4) is 0 Å².